The summed E-state index contributed by atoms with van der Waals surface area (Å²) in [6.07, 6.45) is 8.23. The predicted molar refractivity (Wildman–Crippen MR) is 48.6 cm³/mol. The van der Waals surface area contributed by atoms with Gasteiger partial charge in [-0.05, 0) is 13.0 Å². The number of hydrogen-bond acceptors (Lipinski definition) is 2. The fourth-order valence-corrected chi connectivity index (χ4v) is 0.945. The highest BCUT2D eigenvalue weighted by molar-refractivity contribution is 5.98. The molecule has 0 saturated carbocycles. The molecule has 0 aromatic heterocycles. The van der Waals surface area contributed by atoms with Gasteiger partial charge in [0.1, 0.15) is 0 Å². The topological polar surface area (TPSA) is 24.4 Å². The van der Waals surface area contributed by atoms with Crippen LogP contribution in [0.2, 0.25) is 0 Å². The number of hydrogen-bond donors (Lipinski definition) is 1. The Morgan fingerprint density at radius 1 is 1.55 bits per heavy atom. The largest absolute Gasteiger partial charge is 0.310 e. The zero-order valence-electron chi connectivity index (χ0n) is 7.04. The summed E-state index contributed by atoms with van der Waals surface area (Å²) in [6.45, 7) is 5.06. The van der Waals surface area contributed by atoms with Crippen LogP contribution in [-0.2, 0) is 0 Å². The molecule has 1 N–H and O–H groups in total. The summed E-state index contributed by atoms with van der Waals surface area (Å²) in [4.78, 5) is 0. The molecule has 1 rings (SSSR count). The van der Waals surface area contributed by atoms with E-state index in [4.69, 9.17) is 0 Å². The van der Waals surface area contributed by atoms with Gasteiger partial charge < -0.3 is 5.43 Å². The van der Waals surface area contributed by atoms with Gasteiger partial charge in [-0.3, -0.25) is 0 Å². The van der Waals surface area contributed by atoms with E-state index in [0.717, 1.165) is 12.3 Å². The van der Waals surface area contributed by atoms with Crippen LogP contribution in [0.4, 0.5) is 0 Å². The van der Waals surface area contributed by atoms with Gasteiger partial charge in [0, 0.05) is 12.5 Å². The van der Waals surface area contributed by atoms with Crippen LogP contribution in [0.5, 0.6) is 0 Å². The van der Waals surface area contributed by atoms with Crippen molar-refractivity contribution < 1.29 is 0 Å². The highest BCUT2D eigenvalue weighted by Gasteiger charge is 2.05. The van der Waals surface area contributed by atoms with E-state index in [1.165, 1.54) is 0 Å². The summed E-state index contributed by atoms with van der Waals surface area (Å²) < 4.78 is 0. The van der Waals surface area contributed by atoms with E-state index in [1.807, 2.05) is 19.1 Å². The maximum atomic E-state index is 4.21. The lowest BCUT2D eigenvalue weighted by molar-refractivity contribution is 0.771. The third kappa shape index (κ3) is 2.22. The van der Waals surface area contributed by atoms with Crippen molar-refractivity contribution in [3.63, 3.8) is 0 Å². The number of nitrogens with zero attached hydrogens (tertiary/aromatic N) is 1. The highest BCUT2D eigenvalue weighted by Crippen LogP contribution is 2.07. The van der Waals surface area contributed by atoms with Crippen molar-refractivity contribution >= 4 is 5.71 Å². The predicted octanol–water partition coefficient (Wildman–Crippen LogP) is 1.71. The normalized spacial score (nSPS) is 26.0. The van der Waals surface area contributed by atoms with Crippen LogP contribution in [-0.4, -0.2) is 12.3 Å². The van der Waals surface area contributed by atoms with Crippen LogP contribution in [0, 0.1) is 5.92 Å². The lowest BCUT2D eigenvalue weighted by Crippen LogP contribution is -2.14. The van der Waals surface area contributed by atoms with Gasteiger partial charge >= 0.3 is 0 Å². The second-order valence-corrected chi connectivity index (χ2v) is 2.58. The molecular weight excluding hydrogens is 136 g/mol. The summed E-state index contributed by atoms with van der Waals surface area (Å²) in [5, 5.41) is 4.21. The van der Waals surface area contributed by atoms with E-state index >= 15 is 0 Å². The van der Waals surface area contributed by atoms with Crippen molar-refractivity contribution in [3.05, 3.63) is 24.3 Å². The van der Waals surface area contributed by atoms with Gasteiger partial charge in [-0.15, -0.1) is 0 Å². The molecule has 0 aromatic rings. The van der Waals surface area contributed by atoms with Crippen molar-refractivity contribution in [2.75, 3.05) is 6.54 Å². The lowest BCUT2D eigenvalue weighted by atomic mass is 10.0. The molecule has 2 heteroatoms. The summed E-state index contributed by atoms with van der Waals surface area (Å²) in [6, 6.07) is 0. The van der Waals surface area contributed by atoms with Gasteiger partial charge in [0.05, 0.1) is 5.71 Å². The Morgan fingerprint density at radius 2 is 2.36 bits per heavy atom. The molecule has 0 bridgehead atoms. The van der Waals surface area contributed by atoms with E-state index < -0.39 is 0 Å². The van der Waals surface area contributed by atoms with Gasteiger partial charge in [0.2, 0.25) is 0 Å². The van der Waals surface area contributed by atoms with E-state index in [1.54, 1.807) is 0 Å². The first-order chi connectivity index (χ1) is 5.34. The standard InChI is InChI=1S/C9H14N2/c1-3-10-11-9-7-5-4-6-8(9)2/h4-8,10H,3H2,1-2H3/b11-9-. The Morgan fingerprint density at radius 3 is 3.00 bits per heavy atom. The van der Waals surface area contributed by atoms with Crippen molar-refractivity contribution in [1.82, 2.24) is 5.43 Å². The van der Waals surface area contributed by atoms with Crippen LogP contribution in [0.15, 0.2) is 29.4 Å². The third-order valence-electron chi connectivity index (χ3n) is 1.61. The Hall–Kier alpha value is -1.05. The lowest BCUT2D eigenvalue weighted by Gasteiger charge is -2.09. The van der Waals surface area contributed by atoms with Crippen molar-refractivity contribution in [2.24, 2.45) is 11.0 Å². The monoisotopic (exact) mass is 150 g/mol. The molecule has 1 aliphatic rings. The summed E-state index contributed by atoms with van der Waals surface area (Å²) >= 11 is 0. The fourth-order valence-electron chi connectivity index (χ4n) is 0.945. The minimum absolute atomic E-state index is 0.444. The molecular formula is C9H14N2. The van der Waals surface area contributed by atoms with Gasteiger partial charge in [-0.2, -0.15) is 5.10 Å². The second-order valence-electron chi connectivity index (χ2n) is 2.58. The number of nitrogens with one attached hydrogen (secondary N) is 1. The van der Waals surface area contributed by atoms with Crippen LogP contribution >= 0.6 is 0 Å². The molecule has 0 amide bonds. The van der Waals surface area contributed by atoms with E-state index in [0.29, 0.717) is 5.92 Å². The van der Waals surface area contributed by atoms with Gasteiger partial charge in [-0.1, -0.05) is 25.2 Å². The van der Waals surface area contributed by atoms with E-state index in [-0.39, 0.29) is 0 Å². The van der Waals surface area contributed by atoms with Crippen LogP contribution in [0.3, 0.4) is 0 Å². The minimum atomic E-state index is 0.444. The average molecular weight is 150 g/mol. The second kappa shape index (κ2) is 3.96. The molecule has 0 aliphatic heterocycles. The van der Waals surface area contributed by atoms with Crippen LogP contribution < -0.4 is 5.43 Å². The summed E-state index contributed by atoms with van der Waals surface area (Å²) in [5.41, 5.74) is 4.06. The highest BCUT2D eigenvalue weighted by atomic mass is 15.3. The SMILES string of the molecule is CCN/N=C1/C=CC=CC1C. The van der Waals surface area contributed by atoms with Crippen LogP contribution in [0.1, 0.15) is 13.8 Å². The van der Waals surface area contributed by atoms with Gasteiger partial charge in [0.25, 0.3) is 0 Å². The quantitative estimate of drug-likeness (QED) is 0.595. The molecule has 0 saturated heterocycles. The van der Waals surface area contributed by atoms with E-state index in [9.17, 15) is 0 Å². The first-order valence-corrected chi connectivity index (χ1v) is 4.00. The van der Waals surface area contributed by atoms with Gasteiger partial charge in [-0.25, -0.2) is 0 Å². The molecule has 0 fully saturated rings. The Kier molecular flexibility index (Phi) is 2.90. The molecule has 60 valence electrons. The molecule has 0 heterocycles. The molecule has 0 radical (unpaired) electrons. The van der Waals surface area contributed by atoms with Crippen molar-refractivity contribution in [3.8, 4) is 0 Å². The zero-order chi connectivity index (χ0) is 8.10. The smallest absolute Gasteiger partial charge is 0.0668 e. The first kappa shape index (κ1) is 8.05. The maximum Gasteiger partial charge on any atom is 0.0668 e. The molecule has 1 atom stereocenters. The minimum Gasteiger partial charge on any atom is -0.310 e. The number of hydrazone groups is 1. The number of rotatable bonds is 2. The molecule has 0 spiro atoms. The summed E-state index contributed by atoms with van der Waals surface area (Å²) in [7, 11) is 0. The average Bonchev–Trinajstić information content (AvgIpc) is 2.03. The van der Waals surface area contributed by atoms with Crippen molar-refractivity contribution in [2.45, 2.75) is 13.8 Å². The zero-order valence-corrected chi connectivity index (χ0v) is 7.04. The third-order valence-corrected chi connectivity index (χ3v) is 1.61. The fraction of sp³-hybridized carbons (Fsp3) is 0.444. The number of allylic oxidation sites excluding steroid dienone is 4. The molecule has 11 heavy (non-hydrogen) atoms. The molecule has 2 nitrogen and oxygen atoms in total. The Bertz CT molecular complexity index is 202. The van der Waals surface area contributed by atoms with Crippen LogP contribution in [0.25, 0.3) is 0 Å². The van der Waals surface area contributed by atoms with E-state index in [2.05, 4.69) is 29.6 Å². The molecule has 0 aromatic carbocycles. The first-order valence-electron chi connectivity index (χ1n) is 4.00. The maximum absolute atomic E-state index is 4.21. The van der Waals surface area contributed by atoms with Crippen molar-refractivity contribution in [1.29, 1.82) is 0 Å². The Balaban J connectivity index is 2.57. The summed E-state index contributed by atoms with van der Waals surface area (Å²) in [5.74, 6) is 0.444. The van der Waals surface area contributed by atoms with Gasteiger partial charge in [0.15, 0.2) is 0 Å². The molecule has 1 unspecified atom stereocenters. The Labute approximate surface area is 67.7 Å². The molecule has 1 aliphatic carbocycles.